The van der Waals surface area contributed by atoms with E-state index in [9.17, 15) is 9.90 Å². The molecule has 0 aliphatic carbocycles. The van der Waals surface area contributed by atoms with E-state index in [1.165, 1.54) is 11.8 Å². The van der Waals surface area contributed by atoms with E-state index in [1.807, 2.05) is 13.0 Å². The van der Waals surface area contributed by atoms with Crippen molar-refractivity contribution in [1.82, 2.24) is 14.9 Å². The standard InChI is InChI=1S/C15H19N3O3S/c1-2-12(10-19)18(9-13-5-3-8-21-13)14(20)11-22-15-16-6-4-7-17-15/h3-8,12,19H,2,9-11H2,1H3/t12-/m1/s1. The second-order valence-electron chi connectivity index (χ2n) is 4.67. The molecule has 118 valence electrons. The SMILES string of the molecule is CC[C@H](CO)N(Cc1ccco1)C(=O)CSc1ncccn1. The van der Waals surface area contributed by atoms with Crippen molar-refractivity contribution in [2.75, 3.05) is 12.4 Å². The van der Waals surface area contributed by atoms with E-state index in [0.29, 0.717) is 23.9 Å². The summed E-state index contributed by atoms with van der Waals surface area (Å²) in [4.78, 5) is 22.3. The van der Waals surface area contributed by atoms with Crippen molar-refractivity contribution in [3.8, 4) is 0 Å². The van der Waals surface area contributed by atoms with E-state index in [2.05, 4.69) is 9.97 Å². The summed E-state index contributed by atoms with van der Waals surface area (Å²) < 4.78 is 5.31. The minimum Gasteiger partial charge on any atom is -0.467 e. The first-order valence-corrected chi connectivity index (χ1v) is 8.05. The summed E-state index contributed by atoms with van der Waals surface area (Å²) in [5.41, 5.74) is 0. The molecule has 2 aromatic heterocycles. The zero-order valence-electron chi connectivity index (χ0n) is 12.4. The number of furan rings is 1. The van der Waals surface area contributed by atoms with Gasteiger partial charge in [0, 0.05) is 12.4 Å². The number of nitrogens with zero attached hydrogens (tertiary/aromatic N) is 3. The summed E-state index contributed by atoms with van der Waals surface area (Å²) in [6.45, 7) is 2.22. The van der Waals surface area contributed by atoms with Crippen LogP contribution in [0.5, 0.6) is 0 Å². The van der Waals surface area contributed by atoms with Gasteiger partial charge in [-0.15, -0.1) is 0 Å². The number of hydrogen-bond acceptors (Lipinski definition) is 6. The molecule has 2 aromatic rings. The maximum Gasteiger partial charge on any atom is 0.233 e. The fraction of sp³-hybridized carbons (Fsp3) is 0.400. The number of thioether (sulfide) groups is 1. The number of hydrogen-bond donors (Lipinski definition) is 1. The zero-order valence-corrected chi connectivity index (χ0v) is 13.2. The summed E-state index contributed by atoms with van der Waals surface area (Å²) in [7, 11) is 0. The van der Waals surface area contributed by atoms with Crippen LogP contribution in [0.1, 0.15) is 19.1 Å². The fourth-order valence-corrected chi connectivity index (χ4v) is 2.70. The first kappa shape index (κ1) is 16.5. The maximum atomic E-state index is 12.5. The van der Waals surface area contributed by atoms with Gasteiger partial charge in [-0.05, 0) is 24.6 Å². The van der Waals surface area contributed by atoms with Crippen LogP contribution in [-0.2, 0) is 11.3 Å². The smallest absolute Gasteiger partial charge is 0.233 e. The van der Waals surface area contributed by atoms with E-state index in [0.717, 1.165) is 0 Å². The third-order valence-corrected chi connectivity index (χ3v) is 4.08. The number of rotatable bonds is 8. The van der Waals surface area contributed by atoms with Crippen LogP contribution in [0.3, 0.4) is 0 Å². The molecule has 0 fully saturated rings. The van der Waals surface area contributed by atoms with Gasteiger partial charge in [0.15, 0.2) is 5.16 Å². The van der Waals surface area contributed by atoms with Gasteiger partial charge in [-0.2, -0.15) is 0 Å². The number of carbonyl (C=O) groups is 1. The van der Waals surface area contributed by atoms with E-state index in [-0.39, 0.29) is 24.3 Å². The van der Waals surface area contributed by atoms with Crippen molar-refractivity contribution >= 4 is 17.7 Å². The lowest BCUT2D eigenvalue weighted by Gasteiger charge is -2.29. The summed E-state index contributed by atoms with van der Waals surface area (Å²) >= 11 is 1.28. The molecule has 22 heavy (non-hydrogen) atoms. The largest absolute Gasteiger partial charge is 0.467 e. The number of carbonyl (C=O) groups excluding carboxylic acids is 1. The molecule has 0 spiro atoms. The van der Waals surface area contributed by atoms with Crippen LogP contribution >= 0.6 is 11.8 Å². The van der Waals surface area contributed by atoms with Crippen LogP contribution in [0, 0.1) is 0 Å². The molecule has 1 N–H and O–H groups in total. The molecule has 0 aliphatic rings. The Labute approximate surface area is 133 Å². The van der Waals surface area contributed by atoms with E-state index < -0.39 is 0 Å². The Morgan fingerprint density at radius 2 is 2.18 bits per heavy atom. The third kappa shape index (κ3) is 4.57. The van der Waals surface area contributed by atoms with Crippen molar-refractivity contribution in [1.29, 1.82) is 0 Å². The zero-order chi connectivity index (χ0) is 15.8. The van der Waals surface area contributed by atoms with Crippen molar-refractivity contribution in [3.63, 3.8) is 0 Å². The lowest BCUT2D eigenvalue weighted by molar-refractivity contribution is -0.132. The Bertz CT molecular complexity index is 559. The van der Waals surface area contributed by atoms with Gasteiger partial charge in [0.2, 0.25) is 5.91 Å². The van der Waals surface area contributed by atoms with Gasteiger partial charge >= 0.3 is 0 Å². The van der Waals surface area contributed by atoms with Crippen molar-refractivity contribution in [2.45, 2.75) is 31.1 Å². The Morgan fingerprint density at radius 3 is 2.77 bits per heavy atom. The first-order valence-electron chi connectivity index (χ1n) is 7.07. The Kier molecular flexibility index (Phi) is 6.42. The lowest BCUT2D eigenvalue weighted by Crippen LogP contribution is -2.42. The molecule has 0 saturated heterocycles. The Morgan fingerprint density at radius 1 is 1.41 bits per heavy atom. The van der Waals surface area contributed by atoms with Gasteiger partial charge in [0.05, 0.1) is 31.2 Å². The highest BCUT2D eigenvalue weighted by atomic mass is 32.2. The van der Waals surface area contributed by atoms with Crippen LogP contribution < -0.4 is 0 Å². The van der Waals surface area contributed by atoms with E-state index >= 15 is 0 Å². The molecule has 6 nitrogen and oxygen atoms in total. The second kappa shape index (κ2) is 8.55. The molecule has 7 heteroatoms. The van der Waals surface area contributed by atoms with Crippen LogP contribution in [-0.4, -0.2) is 44.3 Å². The van der Waals surface area contributed by atoms with E-state index in [1.54, 1.807) is 35.7 Å². The molecule has 0 aliphatic heterocycles. The lowest BCUT2D eigenvalue weighted by atomic mass is 10.2. The van der Waals surface area contributed by atoms with Gasteiger partial charge in [-0.1, -0.05) is 18.7 Å². The Balaban J connectivity index is 2.01. The molecule has 1 atom stereocenters. The topological polar surface area (TPSA) is 79.5 Å². The number of amides is 1. The molecule has 0 aromatic carbocycles. The first-order chi connectivity index (χ1) is 10.7. The number of aliphatic hydroxyl groups is 1. The molecular weight excluding hydrogens is 302 g/mol. The molecule has 0 unspecified atom stereocenters. The summed E-state index contributed by atoms with van der Waals surface area (Å²) in [5.74, 6) is 0.845. The van der Waals surface area contributed by atoms with Gasteiger partial charge < -0.3 is 14.4 Å². The van der Waals surface area contributed by atoms with Gasteiger partial charge in [-0.25, -0.2) is 9.97 Å². The summed E-state index contributed by atoms with van der Waals surface area (Å²) in [6, 6.07) is 5.10. The van der Waals surface area contributed by atoms with Crippen molar-refractivity contribution in [2.24, 2.45) is 0 Å². The predicted molar refractivity (Wildman–Crippen MR) is 83.2 cm³/mol. The highest BCUT2D eigenvalue weighted by Crippen LogP contribution is 2.17. The highest BCUT2D eigenvalue weighted by molar-refractivity contribution is 7.99. The molecule has 2 heterocycles. The van der Waals surface area contributed by atoms with Crippen LogP contribution in [0.4, 0.5) is 0 Å². The van der Waals surface area contributed by atoms with Crippen LogP contribution in [0.15, 0.2) is 46.4 Å². The second-order valence-corrected chi connectivity index (χ2v) is 5.61. The summed E-state index contributed by atoms with van der Waals surface area (Å²) in [5, 5.41) is 10.1. The minimum absolute atomic E-state index is 0.0740. The summed E-state index contributed by atoms with van der Waals surface area (Å²) in [6.07, 6.45) is 5.53. The van der Waals surface area contributed by atoms with Crippen LogP contribution in [0.2, 0.25) is 0 Å². The third-order valence-electron chi connectivity index (χ3n) is 3.22. The fourth-order valence-electron chi connectivity index (χ4n) is 2.01. The quantitative estimate of drug-likeness (QED) is 0.591. The number of aliphatic hydroxyl groups excluding tert-OH is 1. The molecule has 0 bridgehead atoms. The molecular formula is C15H19N3O3S. The molecule has 0 radical (unpaired) electrons. The normalized spacial score (nSPS) is 12.1. The monoisotopic (exact) mass is 321 g/mol. The van der Waals surface area contributed by atoms with Gasteiger partial charge in [0.25, 0.3) is 0 Å². The average Bonchev–Trinajstić information content (AvgIpc) is 3.07. The predicted octanol–water partition coefficient (Wildman–Crippen LogP) is 1.96. The van der Waals surface area contributed by atoms with Gasteiger partial charge in [-0.3, -0.25) is 4.79 Å². The maximum absolute atomic E-state index is 12.5. The molecule has 0 saturated carbocycles. The van der Waals surface area contributed by atoms with Crippen LogP contribution in [0.25, 0.3) is 0 Å². The van der Waals surface area contributed by atoms with E-state index in [4.69, 9.17) is 4.42 Å². The van der Waals surface area contributed by atoms with Gasteiger partial charge in [0.1, 0.15) is 5.76 Å². The molecule has 1 amide bonds. The number of aromatic nitrogens is 2. The average molecular weight is 321 g/mol. The minimum atomic E-state index is -0.227. The van der Waals surface area contributed by atoms with Crippen molar-refractivity contribution in [3.05, 3.63) is 42.6 Å². The Hall–Kier alpha value is -1.86. The highest BCUT2D eigenvalue weighted by Gasteiger charge is 2.23. The van der Waals surface area contributed by atoms with Crippen molar-refractivity contribution < 1.29 is 14.3 Å². The molecule has 2 rings (SSSR count).